The van der Waals surface area contributed by atoms with E-state index < -0.39 is 0 Å². The highest BCUT2D eigenvalue weighted by Crippen LogP contribution is 2.32. The van der Waals surface area contributed by atoms with Crippen molar-refractivity contribution in [3.05, 3.63) is 35.5 Å². The van der Waals surface area contributed by atoms with Crippen molar-refractivity contribution in [1.29, 1.82) is 0 Å². The third-order valence-electron chi connectivity index (χ3n) is 3.98. The highest BCUT2D eigenvalue weighted by molar-refractivity contribution is 5.66. The van der Waals surface area contributed by atoms with Crippen LogP contribution in [0.5, 0.6) is 5.75 Å². The van der Waals surface area contributed by atoms with Gasteiger partial charge in [-0.25, -0.2) is 9.97 Å². The van der Waals surface area contributed by atoms with E-state index in [1.165, 1.54) is 24.8 Å². The minimum absolute atomic E-state index is 0.232. The molecule has 0 amide bonds. The number of aromatic hydroxyl groups is 1. The van der Waals surface area contributed by atoms with Crippen LogP contribution in [-0.4, -0.2) is 29.2 Å². The number of rotatable bonds is 2. The number of phenolic OH excluding ortho intramolecular Hbond substituents is 1. The van der Waals surface area contributed by atoms with Gasteiger partial charge >= 0.3 is 0 Å². The van der Waals surface area contributed by atoms with Gasteiger partial charge in [0.25, 0.3) is 0 Å². The first-order valence-corrected chi connectivity index (χ1v) is 7.52. The predicted octanol–water partition coefficient (Wildman–Crippen LogP) is 3.18. The normalized spacial score (nSPS) is 14.4. The second-order valence-corrected chi connectivity index (χ2v) is 5.77. The van der Waals surface area contributed by atoms with Crippen LogP contribution in [0.3, 0.4) is 0 Å². The third kappa shape index (κ3) is 2.71. The maximum absolute atomic E-state index is 10.1. The Bertz CT molecular complexity index is 652. The fourth-order valence-electron chi connectivity index (χ4n) is 2.90. The van der Waals surface area contributed by atoms with Crippen molar-refractivity contribution in [2.75, 3.05) is 19.0 Å². The lowest BCUT2D eigenvalue weighted by molar-refractivity contribution is 0.477. The Morgan fingerprint density at radius 1 is 1.00 bits per heavy atom. The SMILES string of the molecule is CN(C)c1nc(-c2ccccc2O)nc2c1CCCCC2. The molecule has 1 N–H and O–H groups in total. The fourth-order valence-corrected chi connectivity index (χ4v) is 2.90. The Kier molecular flexibility index (Phi) is 3.78. The van der Waals surface area contributed by atoms with Gasteiger partial charge in [-0.2, -0.15) is 0 Å². The smallest absolute Gasteiger partial charge is 0.165 e. The molecular formula is C17H21N3O. The molecule has 0 aliphatic heterocycles. The van der Waals surface area contributed by atoms with Crippen LogP contribution in [0.15, 0.2) is 24.3 Å². The summed E-state index contributed by atoms with van der Waals surface area (Å²) in [5.41, 5.74) is 3.12. The first-order chi connectivity index (χ1) is 10.2. The molecule has 1 aromatic carbocycles. The molecule has 0 unspecified atom stereocenters. The topological polar surface area (TPSA) is 49.2 Å². The molecule has 0 bridgehead atoms. The molecule has 0 saturated carbocycles. The van der Waals surface area contributed by atoms with Gasteiger partial charge in [-0.3, -0.25) is 0 Å². The van der Waals surface area contributed by atoms with E-state index in [0.717, 1.165) is 24.4 Å². The molecule has 3 rings (SSSR count). The van der Waals surface area contributed by atoms with Crippen molar-refractivity contribution in [3.63, 3.8) is 0 Å². The van der Waals surface area contributed by atoms with Crippen molar-refractivity contribution < 1.29 is 5.11 Å². The molecule has 0 spiro atoms. The summed E-state index contributed by atoms with van der Waals surface area (Å²) >= 11 is 0. The third-order valence-corrected chi connectivity index (χ3v) is 3.98. The van der Waals surface area contributed by atoms with Gasteiger partial charge in [-0.15, -0.1) is 0 Å². The second-order valence-electron chi connectivity index (χ2n) is 5.77. The van der Waals surface area contributed by atoms with Crippen molar-refractivity contribution in [2.45, 2.75) is 32.1 Å². The average molecular weight is 283 g/mol. The zero-order valence-electron chi connectivity index (χ0n) is 12.6. The van der Waals surface area contributed by atoms with E-state index in [2.05, 4.69) is 4.90 Å². The van der Waals surface area contributed by atoms with Gasteiger partial charge in [0.05, 0.1) is 5.56 Å². The van der Waals surface area contributed by atoms with Crippen LogP contribution in [0.4, 0.5) is 5.82 Å². The summed E-state index contributed by atoms with van der Waals surface area (Å²) < 4.78 is 0. The number of fused-ring (bicyclic) bond motifs is 1. The summed E-state index contributed by atoms with van der Waals surface area (Å²) in [4.78, 5) is 11.5. The van der Waals surface area contributed by atoms with E-state index in [1.54, 1.807) is 6.07 Å². The zero-order chi connectivity index (χ0) is 14.8. The van der Waals surface area contributed by atoms with Crippen LogP contribution in [0.2, 0.25) is 0 Å². The van der Waals surface area contributed by atoms with Gasteiger partial charge in [0.1, 0.15) is 11.6 Å². The first kappa shape index (κ1) is 13.9. The standard InChI is InChI=1S/C17H21N3O/c1-20(2)17-12-8-4-3-5-10-14(12)18-16(19-17)13-9-6-7-11-15(13)21/h6-7,9,11,21H,3-5,8,10H2,1-2H3. The Morgan fingerprint density at radius 3 is 2.52 bits per heavy atom. The molecule has 1 heterocycles. The predicted molar refractivity (Wildman–Crippen MR) is 84.7 cm³/mol. The van der Waals surface area contributed by atoms with Gasteiger partial charge in [0.2, 0.25) is 0 Å². The van der Waals surface area contributed by atoms with Crippen LogP contribution < -0.4 is 4.90 Å². The first-order valence-electron chi connectivity index (χ1n) is 7.52. The maximum Gasteiger partial charge on any atom is 0.165 e. The van der Waals surface area contributed by atoms with E-state index in [0.29, 0.717) is 11.4 Å². The molecule has 21 heavy (non-hydrogen) atoms. The summed E-state index contributed by atoms with van der Waals surface area (Å²) in [6.07, 6.45) is 5.67. The molecule has 110 valence electrons. The van der Waals surface area contributed by atoms with Crippen LogP contribution in [0.1, 0.15) is 30.5 Å². The molecule has 0 radical (unpaired) electrons. The maximum atomic E-state index is 10.1. The largest absolute Gasteiger partial charge is 0.507 e. The number of aromatic nitrogens is 2. The molecule has 2 aromatic rings. The molecule has 0 atom stereocenters. The Morgan fingerprint density at radius 2 is 1.76 bits per heavy atom. The molecule has 0 saturated heterocycles. The molecular weight excluding hydrogens is 262 g/mol. The summed E-state index contributed by atoms with van der Waals surface area (Å²) in [7, 11) is 4.03. The molecule has 4 nitrogen and oxygen atoms in total. The quantitative estimate of drug-likeness (QED) is 0.860. The van der Waals surface area contributed by atoms with Crippen LogP contribution in [0, 0.1) is 0 Å². The van der Waals surface area contributed by atoms with Crippen molar-refractivity contribution in [2.24, 2.45) is 0 Å². The number of benzene rings is 1. The summed E-state index contributed by atoms with van der Waals surface area (Å²) in [6, 6.07) is 7.27. The Balaban J connectivity index is 2.17. The lowest BCUT2D eigenvalue weighted by Gasteiger charge is -2.19. The van der Waals surface area contributed by atoms with E-state index in [9.17, 15) is 5.11 Å². The molecule has 1 aliphatic rings. The number of para-hydroxylation sites is 1. The van der Waals surface area contributed by atoms with Crippen LogP contribution >= 0.6 is 0 Å². The van der Waals surface area contributed by atoms with Crippen molar-refractivity contribution in [1.82, 2.24) is 9.97 Å². The molecule has 0 fully saturated rings. The molecule has 1 aromatic heterocycles. The van der Waals surface area contributed by atoms with Gasteiger partial charge < -0.3 is 10.0 Å². The summed E-state index contributed by atoms with van der Waals surface area (Å²) in [5.74, 6) is 1.84. The summed E-state index contributed by atoms with van der Waals surface area (Å²) in [5, 5.41) is 10.1. The lowest BCUT2D eigenvalue weighted by Crippen LogP contribution is -2.16. The highest BCUT2D eigenvalue weighted by atomic mass is 16.3. The van der Waals surface area contributed by atoms with E-state index >= 15 is 0 Å². The number of nitrogens with zero attached hydrogens (tertiary/aromatic N) is 3. The average Bonchev–Trinajstić information content (AvgIpc) is 2.71. The molecule has 4 heteroatoms. The Hall–Kier alpha value is -2.10. The van der Waals surface area contributed by atoms with Crippen molar-refractivity contribution in [3.8, 4) is 17.1 Å². The Labute approximate surface area is 125 Å². The lowest BCUT2D eigenvalue weighted by atomic mass is 10.1. The fraction of sp³-hybridized carbons (Fsp3) is 0.412. The molecule has 1 aliphatic carbocycles. The second kappa shape index (κ2) is 5.72. The zero-order valence-corrected chi connectivity index (χ0v) is 12.6. The van der Waals surface area contributed by atoms with Gasteiger partial charge in [0, 0.05) is 25.4 Å². The van der Waals surface area contributed by atoms with Crippen LogP contribution in [0.25, 0.3) is 11.4 Å². The van der Waals surface area contributed by atoms with E-state index in [-0.39, 0.29) is 5.75 Å². The highest BCUT2D eigenvalue weighted by Gasteiger charge is 2.19. The number of anilines is 1. The van der Waals surface area contributed by atoms with Gasteiger partial charge in [0.15, 0.2) is 5.82 Å². The van der Waals surface area contributed by atoms with E-state index in [4.69, 9.17) is 9.97 Å². The van der Waals surface area contributed by atoms with E-state index in [1.807, 2.05) is 32.3 Å². The number of hydrogen-bond donors (Lipinski definition) is 1. The van der Waals surface area contributed by atoms with Crippen LogP contribution in [-0.2, 0) is 12.8 Å². The number of hydrogen-bond acceptors (Lipinski definition) is 4. The minimum atomic E-state index is 0.232. The van der Waals surface area contributed by atoms with Gasteiger partial charge in [-0.05, 0) is 37.8 Å². The van der Waals surface area contributed by atoms with Crippen molar-refractivity contribution >= 4 is 5.82 Å². The summed E-state index contributed by atoms with van der Waals surface area (Å²) in [6.45, 7) is 0. The monoisotopic (exact) mass is 283 g/mol. The number of phenols is 1. The minimum Gasteiger partial charge on any atom is -0.507 e. The number of aryl methyl sites for hydroxylation is 1. The van der Waals surface area contributed by atoms with Gasteiger partial charge in [-0.1, -0.05) is 18.6 Å².